The summed E-state index contributed by atoms with van der Waals surface area (Å²) in [5, 5.41) is 2.90. The summed E-state index contributed by atoms with van der Waals surface area (Å²) in [6.07, 6.45) is -1.92. The normalized spacial score (nSPS) is 13.9. The molecule has 0 aromatic carbocycles. The summed E-state index contributed by atoms with van der Waals surface area (Å²) in [6.45, 7) is 5.01. The number of hydrogen-bond acceptors (Lipinski definition) is 1. The fourth-order valence-corrected chi connectivity index (χ4v) is 1.77. The molecule has 1 heterocycles. The third kappa shape index (κ3) is 5.26. The van der Waals surface area contributed by atoms with Gasteiger partial charge in [0.15, 0.2) is 0 Å². The lowest BCUT2D eigenvalue weighted by atomic mass is 10.2. The molecule has 0 saturated heterocycles. The average Bonchev–Trinajstić information content (AvgIpc) is 2.60. The molecule has 0 aliphatic heterocycles. The Balaban J connectivity index is 2.41. The van der Waals surface area contributed by atoms with Crippen molar-refractivity contribution in [3.63, 3.8) is 0 Å². The van der Waals surface area contributed by atoms with Crippen molar-refractivity contribution < 1.29 is 13.2 Å². The van der Waals surface area contributed by atoms with Crippen LogP contribution < -0.4 is 5.32 Å². The van der Waals surface area contributed by atoms with Gasteiger partial charge >= 0.3 is 6.18 Å². The van der Waals surface area contributed by atoms with Crippen LogP contribution in [0.1, 0.15) is 32.4 Å². The Labute approximate surface area is 99.8 Å². The van der Waals surface area contributed by atoms with E-state index in [1.165, 1.54) is 0 Å². The van der Waals surface area contributed by atoms with Gasteiger partial charge in [0, 0.05) is 31.0 Å². The maximum Gasteiger partial charge on any atom is 0.390 e. The van der Waals surface area contributed by atoms with Gasteiger partial charge in [0.25, 0.3) is 0 Å². The Morgan fingerprint density at radius 3 is 2.71 bits per heavy atom. The molecule has 0 saturated carbocycles. The number of nitrogens with zero attached hydrogens (tertiary/aromatic N) is 1. The molecule has 0 fully saturated rings. The second kappa shape index (κ2) is 6.10. The summed E-state index contributed by atoms with van der Waals surface area (Å²) >= 11 is 0. The first-order valence-electron chi connectivity index (χ1n) is 5.86. The van der Waals surface area contributed by atoms with Crippen molar-refractivity contribution in [3.05, 3.63) is 24.0 Å². The van der Waals surface area contributed by atoms with Crippen molar-refractivity contribution in [1.29, 1.82) is 0 Å². The lowest BCUT2D eigenvalue weighted by molar-refractivity contribution is -0.139. The minimum Gasteiger partial charge on any atom is -0.350 e. The van der Waals surface area contributed by atoms with Gasteiger partial charge in [0.2, 0.25) is 0 Å². The van der Waals surface area contributed by atoms with E-state index < -0.39 is 18.6 Å². The van der Waals surface area contributed by atoms with Gasteiger partial charge in [0.05, 0.1) is 6.42 Å². The molecular formula is C12H19F3N2. The number of rotatable bonds is 6. The highest BCUT2D eigenvalue weighted by Crippen LogP contribution is 2.21. The van der Waals surface area contributed by atoms with Crippen LogP contribution in [0.3, 0.4) is 0 Å². The maximum absolute atomic E-state index is 12.1. The third-order valence-corrected chi connectivity index (χ3v) is 2.56. The van der Waals surface area contributed by atoms with Crippen LogP contribution in [-0.2, 0) is 13.1 Å². The number of nitrogens with one attached hydrogen (secondary N) is 1. The van der Waals surface area contributed by atoms with Gasteiger partial charge in [-0.25, -0.2) is 0 Å². The highest BCUT2D eigenvalue weighted by molar-refractivity contribution is 5.07. The molecule has 0 radical (unpaired) electrons. The predicted molar refractivity (Wildman–Crippen MR) is 61.7 cm³/mol. The first-order chi connectivity index (χ1) is 7.92. The Bertz CT molecular complexity index is 331. The Morgan fingerprint density at radius 1 is 1.41 bits per heavy atom. The van der Waals surface area contributed by atoms with Crippen molar-refractivity contribution in [2.45, 2.75) is 52.0 Å². The second-order valence-corrected chi connectivity index (χ2v) is 4.29. The molecule has 2 nitrogen and oxygen atoms in total. The van der Waals surface area contributed by atoms with Crippen LogP contribution in [0.15, 0.2) is 18.3 Å². The highest BCUT2D eigenvalue weighted by atomic mass is 19.4. The van der Waals surface area contributed by atoms with Gasteiger partial charge in [-0.2, -0.15) is 13.2 Å². The van der Waals surface area contributed by atoms with E-state index >= 15 is 0 Å². The Morgan fingerprint density at radius 2 is 2.12 bits per heavy atom. The second-order valence-electron chi connectivity index (χ2n) is 4.29. The monoisotopic (exact) mass is 248 g/mol. The number of hydrogen-bond donors (Lipinski definition) is 1. The summed E-state index contributed by atoms with van der Waals surface area (Å²) < 4.78 is 38.4. The average molecular weight is 248 g/mol. The molecular weight excluding hydrogens is 229 g/mol. The fourth-order valence-electron chi connectivity index (χ4n) is 1.77. The van der Waals surface area contributed by atoms with Crippen LogP contribution in [0.2, 0.25) is 0 Å². The molecule has 98 valence electrons. The van der Waals surface area contributed by atoms with Gasteiger partial charge in [-0.1, -0.05) is 6.92 Å². The molecule has 0 spiro atoms. The van der Waals surface area contributed by atoms with Crippen LogP contribution in [0.25, 0.3) is 0 Å². The van der Waals surface area contributed by atoms with Crippen LogP contribution >= 0.6 is 0 Å². The topological polar surface area (TPSA) is 17.0 Å². The quantitative estimate of drug-likeness (QED) is 0.817. The molecule has 1 atom stereocenters. The van der Waals surface area contributed by atoms with E-state index in [4.69, 9.17) is 0 Å². The molecule has 0 bridgehead atoms. The molecule has 0 aliphatic rings. The van der Waals surface area contributed by atoms with Crippen LogP contribution in [0, 0.1) is 0 Å². The summed E-state index contributed by atoms with van der Waals surface area (Å²) in [4.78, 5) is 0. The number of aromatic nitrogens is 1. The third-order valence-electron chi connectivity index (χ3n) is 2.56. The molecule has 0 amide bonds. The SMILES string of the molecule is CCCn1cccc1CNC(C)CC(F)(F)F. The van der Waals surface area contributed by atoms with Crippen LogP contribution in [0.4, 0.5) is 13.2 Å². The molecule has 0 aliphatic carbocycles. The van der Waals surface area contributed by atoms with Gasteiger partial charge in [-0.15, -0.1) is 0 Å². The van der Waals surface area contributed by atoms with E-state index in [1.807, 2.05) is 18.3 Å². The molecule has 17 heavy (non-hydrogen) atoms. The van der Waals surface area contributed by atoms with Crippen LogP contribution in [-0.4, -0.2) is 16.8 Å². The van der Waals surface area contributed by atoms with Gasteiger partial charge in [0.1, 0.15) is 0 Å². The van der Waals surface area contributed by atoms with Crippen molar-refractivity contribution in [1.82, 2.24) is 9.88 Å². The first kappa shape index (κ1) is 14.1. The van der Waals surface area contributed by atoms with Crippen molar-refractivity contribution in [3.8, 4) is 0 Å². The van der Waals surface area contributed by atoms with Crippen molar-refractivity contribution in [2.24, 2.45) is 0 Å². The molecule has 1 aromatic rings. The molecule has 1 unspecified atom stereocenters. The van der Waals surface area contributed by atoms with Gasteiger partial charge in [-0.3, -0.25) is 0 Å². The Kier molecular flexibility index (Phi) is 5.05. The molecule has 5 heteroatoms. The number of halogens is 3. The summed E-state index contributed by atoms with van der Waals surface area (Å²) in [5.74, 6) is 0. The summed E-state index contributed by atoms with van der Waals surface area (Å²) in [7, 11) is 0. The fraction of sp³-hybridized carbons (Fsp3) is 0.667. The van der Waals surface area contributed by atoms with E-state index in [0.29, 0.717) is 6.54 Å². The maximum atomic E-state index is 12.1. The van der Waals surface area contributed by atoms with E-state index in [-0.39, 0.29) is 0 Å². The zero-order valence-electron chi connectivity index (χ0n) is 10.2. The zero-order chi connectivity index (χ0) is 12.9. The predicted octanol–water partition coefficient (Wildman–Crippen LogP) is 3.33. The van der Waals surface area contributed by atoms with Gasteiger partial charge in [-0.05, 0) is 25.5 Å². The summed E-state index contributed by atoms with van der Waals surface area (Å²) in [5.41, 5.74) is 1.03. The van der Waals surface area contributed by atoms with E-state index in [1.54, 1.807) is 6.92 Å². The lowest BCUT2D eigenvalue weighted by Gasteiger charge is -2.16. The summed E-state index contributed by atoms with van der Waals surface area (Å²) in [6, 6.07) is 3.30. The van der Waals surface area contributed by atoms with E-state index in [9.17, 15) is 13.2 Å². The standard InChI is InChI=1S/C12H19F3N2/c1-3-6-17-7-4-5-11(17)9-16-10(2)8-12(13,14)15/h4-5,7,10,16H,3,6,8-9H2,1-2H3. The van der Waals surface area contributed by atoms with Crippen molar-refractivity contribution in [2.75, 3.05) is 0 Å². The minimum atomic E-state index is -4.10. The number of aryl methyl sites for hydroxylation is 1. The highest BCUT2D eigenvalue weighted by Gasteiger charge is 2.29. The van der Waals surface area contributed by atoms with Gasteiger partial charge < -0.3 is 9.88 Å². The zero-order valence-corrected chi connectivity index (χ0v) is 10.2. The molecule has 1 N–H and O–H groups in total. The largest absolute Gasteiger partial charge is 0.390 e. The lowest BCUT2D eigenvalue weighted by Crippen LogP contribution is -2.31. The molecule has 1 rings (SSSR count). The van der Waals surface area contributed by atoms with Crippen LogP contribution in [0.5, 0.6) is 0 Å². The smallest absolute Gasteiger partial charge is 0.350 e. The minimum absolute atomic E-state index is 0.476. The van der Waals surface area contributed by atoms with E-state index in [2.05, 4.69) is 16.8 Å². The van der Waals surface area contributed by atoms with Crippen molar-refractivity contribution >= 4 is 0 Å². The molecule has 1 aromatic heterocycles. The first-order valence-corrected chi connectivity index (χ1v) is 5.86. The Hall–Kier alpha value is -0.970. The number of alkyl halides is 3. The van der Waals surface area contributed by atoms with E-state index in [0.717, 1.165) is 18.7 Å².